The number of benzene rings is 2. The summed E-state index contributed by atoms with van der Waals surface area (Å²) in [6, 6.07) is 15.5. The number of aromatic hydroxyl groups is 1. The van der Waals surface area contributed by atoms with Crippen LogP contribution in [0.15, 0.2) is 48.5 Å². The van der Waals surface area contributed by atoms with Gasteiger partial charge < -0.3 is 10.2 Å². The van der Waals surface area contributed by atoms with Crippen molar-refractivity contribution >= 4 is 0 Å². The van der Waals surface area contributed by atoms with Gasteiger partial charge in [-0.25, -0.2) is 0 Å². The van der Waals surface area contributed by atoms with Gasteiger partial charge in [0.2, 0.25) is 0 Å². The Hall–Kier alpha value is -1.80. The normalized spacial score (nSPS) is 12.3. The van der Waals surface area contributed by atoms with E-state index in [9.17, 15) is 10.2 Å². The predicted molar refractivity (Wildman–Crippen MR) is 72.6 cm³/mol. The summed E-state index contributed by atoms with van der Waals surface area (Å²) in [4.78, 5) is 0. The predicted octanol–water partition coefficient (Wildman–Crippen LogP) is 3.43. The third-order valence-electron chi connectivity index (χ3n) is 3.28. The van der Waals surface area contributed by atoms with Crippen LogP contribution in [0.1, 0.15) is 36.0 Å². The molecule has 0 saturated heterocycles. The van der Waals surface area contributed by atoms with Crippen LogP contribution in [0.25, 0.3) is 0 Å². The van der Waals surface area contributed by atoms with E-state index in [1.807, 2.05) is 24.3 Å². The van der Waals surface area contributed by atoms with Crippen LogP contribution in [0.2, 0.25) is 0 Å². The molecule has 0 spiro atoms. The van der Waals surface area contributed by atoms with Gasteiger partial charge >= 0.3 is 0 Å². The van der Waals surface area contributed by atoms with Gasteiger partial charge in [0.15, 0.2) is 0 Å². The first-order chi connectivity index (χ1) is 8.76. The lowest BCUT2D eigenvalue weighted by Gasteiger charge is -2.19. The van der Waals surface area contributed by atoms with Crippen LogP contribution in [-0.4, -0.2) is 10.2 Å². The van der Waals surface area contributed by atoms with Crippen molar-refractivity contribution in [3.8, 4) is 5.75 Å². The maximum absolute atomic E-state index is 9.48. The quantitative estimate of drug-likeness (QED) is 0.862. The smallest absolute Gasteiger partial charge is 0.115 e. The minimum absolute atomic E-state index is 0.0485. The molecule has 0 heterocycles. The summed E-state index contributed by atoms with van der Waals surface area (Å²) >= 11 is 0. The van der Waals surface area contributed by atoms with Crippen molar-refractivity contribution in [2.75, 3.05) is 0 Å². The van der Waals surface area contributed by atoms with Gasteiger partial charge in [-0.05, 0) is 35.2 Å². The Morgan fingerprint density at radius 1 is 1.06 bits per heavy atom. The lowest BCUT2D eigenvalue weighted by atomic mass is 9.86. The van der Waals surface area contributed by atoms with E-state index in [0.717, 1.165) is 17.5 Å². The van der Waals surface area contributed by atoms with Crippen molar-refractivity contribution in [1.29, 1.82) is 0 Å². The number of phenols is 1. The molecule has 0 bridgehead atoms. The monoisotopic (exact) mass is 242 g/mol. The van der Waals surface area contributed by atoms with Gasteiger partial charge in [0.25, 0.3) is 0 Å². The molecule has 2 N–H and O–H groups in total. The van der Waals surface area contributed by atoms with Crippen LogP contribution in [-0.2, 0) is 6.61 Å². The summed E-state index contributed by atoms with van der Waals surface area (Å²) in [5.74, 6) is 0.458. The van der Waals surface area contributed by atoms with Crippen LogP contribution in [0.3, 0.4) is 0 Å². The highest BCUT2D eigenvalue weighted by Gasteiger charge is 2.15. The fourth-order valence-corrected chi connectivity index (χ4v) is 2.39. The second kappa shape index (κ2) is 5.69. The van der Waals surface area contributed by atoms with Gasteiger partial charge in [0.05, 0.1) is 6.61 Å². The molecule has 18 heavy (non-hydrogen) atoms. The van der Waals surface area contributed by atoms with Gasteiger partial charge in [-0.1, -0.05) is 43.3 Å². The molecule has 0 radical (unpaired) electrons. The van der Waals surface area contributed by atoms with E-state index in [4.69, 9.17) is 0 Å². The summed E-state index contributed by atoms with van der Waals surface area (Å²) in [5.41, 5.74) is 3.12. The van der Waals surface area contributed by atoms with Crippen LogP contribution >= 0.6 is 0 Å². The van der Waals surface area contributed by atoms with E-state index in [2.05, 4.69) is 19.1 Å². The molecule has 0 saturated carbocycles. The van der Waals surface area contributed by atoms with E-state index in [0.29, 0.717) is 0 Å². The minimum Gasteiger partial charge on any atom is -0.508 e. The number of aliphatic hydroxyl groups is 1. The first-order valence-corrected chi connectivity index (χ1v) is 6.23. The van der Waals surface area contributed by atoms with Gasteiger partial charge in [-0.3, -0.25) is 0 Å². The Labute approximate surface area is 108 Å². The first-order valence-electron chi connectivity index (χ1n) is 6.23. The average Bonchev–Trinajstić information content (AvgIpc) is 2.42. The molecule has 0 amide bonds. The molecule has 0 aliphatic rings. The Morgan fingerprint density at radius 2 is 1.78 bits per heavy atom. The zero-order chi connectivity index (χ0) is 13.0. The van der Waals surface area contributed by atoms with E-state index in [1.54, 1.807) is 12.1 Å². The molecular weight excluding hydrogens is 224 g/mol. The van der Waals surface area contributed by atoms with E-state index in [1.165, 1.54) is 5.56 Å². The molecule has 0 fully saturated rings. The third-order valence-corrected chi connectivity index (χ3v) is 3.28. The fraction of sp³-hybridized carbons (Fsp3) is 0.250. The number of hydrogen-bond donors (Lipinski definition) is 2. The number of phenolic OH excluding ortho intramolecular Hbond substituents is 1. The minimum atomic E-state index is -0.0485. The molecule has 2 heteroatoms. The maximum Gasteiger partial charge on any atom is 0.115 e. The first kappa shape index (κ1) is 12.7. The van der Waals surface area contributed by atoms with Crippen molar-refractivity contribution in [3.05, 3.63) is 65.2 Å². The number of hydrogen-bond acceptors (Lipinski definition) is 2. The molecule has 0 aromatic heterocycles. The van der Waals surface area contributed by atoms with Crippen LogP contribution < -0.4 is 0 Å². The highest BCUT2D eigenvalue weighted by molar-refractivity contribution is 5.41. The van der Waals surface area contributed by atoms with Crippen molar-refractivity contribution in [2.45, 2.75) is 25.9 Å². The van der Waals surface area contributed by atoms with Crippen LogP contribution in [0, 0.1) is 0 Å². The summed E-state index contributed by atoms with van der Waals surface area (Å²) in [6.07, 6.45) is 0.960. The highest BCUT2D eigenvalue weighted by atomic mass is 16.3. The highest BCUT2D eigenvalue weighted by Crippen LogP contribution is 2.31. The van der Waals surface area contributed by atoms with E-state index in [-0.39, 0.29) is 18.3 Å². The number of aliphatic hydroxyl groups excluding tert-OH is 1. The zero-order valence-electron chi connectivity index (χ0n) is 10.5. The molecule has 2 aromatic carbocycles. The molecule has 2 rings (SSSR count). The summed E-state index contributed by atoms with van der Waals surface area (Å²) in [6.45, 7) is 2.08. The topological polar surface area (TPSA) is 40.5 Å². The average molecular weight is 242 g/mol. The zero-order valence-corrected chi connectivity index (χ0v) is 10.5. The van der Waals surface area contributed by atoms with Crippen molar-refractivity contribution in [2.24, 2.45) is 0 Å². The molecule has 1 atom stereocenters. The second-order valence-corrected chi connectivity index (χ2v) is 4.41. The van der Waals surface area contributed by atoms with Crippen LogP contribution in [0.5, 0.6) is 5.75 Å². The maximum atomic E-state index is 9.48. The molecule has 1 unspecified atom stereocenters. The van der Waals surface area contributed by atoms with Crippen molar-refractivity contribution in [3.63, 3.8) is 0 Å². The molecule has 94 valence electrons. The standard InChI is InChI=1S/C16H18O2/c1-2-15(12-6-4-3-5-7-12)16-9-8-14(18)10-13(16)11-17/h3-10,15,17-18H,2,11H2,1H3. The molecule has 0 aliphatic carbocycles. The molecule has 0 aliphatic heterocycles. The summed E-state index contributed by atoms with van der Waals surface area (Å²) in [7, 11) is 0. The van der Waals surface area contributed by atoms with Gasteiger partial charge in [0, 0.05) is 5.92 Å². The molecular formula is C16H18O2. The van der Waals surface area contributed by atoms with Crippen molar-refractivity contribution in [1.82, 2.24) is 0 Å². The fourth-order valence-electron chi connectivity index (χ4n) is 2.39. The number of rotatable bonds is 4. The third kappa shape index (κ3) is 2.54. The van der Waals surface area contributed by atoms with Gasteiger partial charge in [-0.15, -0.1) is 0 Å². The largest absolute Gasteiger partial charge is 0.508 e. The lowest BCUT2D eigenvalue weighted by Crippen LogP contribution is -2.03. The Kier molecular flexibility index (Phi) is 4.00. The van der Waals surface area contributed by atoms with Gasteiger partial charge in [-0.2, -0.15) is 0 Å². The SMILES string of the molecule is CCC(c1ccccc1)c1ccc(O)cc1CO. The van der Waals surface area contributed by atoms with Crippen LogP contribution in [0.4, 0.5) is 0 Å². The summed E-state index contributed by atoms with van der Waals surface area (Å²) in [5, 5.41) is 18.9. The lowest BCUT2D eigenvalue weighted by molar-refractivity contribution is 0.279. The van der Waals surface area contributed by atoms with Crippen molar-refractivity contribution < 1.29 is 10.2 Å². The van der Waals surface area contributed by atoms with Gasteiger partial charge in [0.1, 0.15) is 5.75 Å². The van der Waals surface area contributed by atoms with E-state index >= 15 is 0 Å². The Balaban J connectivity index is 2.45. The Morgan fingerprint density at radius 3 is 2.39 bits per heavy atom. The van der Waals surface area contributed by atoms with E-state index < -0.39 is 0 Å². The summed E-state index contributed by atoms with van der Waals surface area (Å²) < 4.78 is 0. The second-order valence-electron chi connectivity index (χ2n) is 4.41. The molecule has 2 aromatic rings. The Bertz CT molecular complexity index is 506. The molecule has 2 nitrogen and oxygen atoms in total.